The molecule has 0 radical (unpaired) electrons. The van der Waals surface area contributed by atoms with Crippen molar-refractivity contribution in [2.24, 2.45) is 0 Å². The third-order valence-corrected chi connectivity index (χ3v) is 2.27. The number of likely N-dealkylation sites (N-methyl/N-ethyl adjacent to an activating group) is 1. The van der Waals surface area contributed by atoms with Gasteiger partial charge >= 0.3 is 0 Å². The molecule has 0 spiro atoms. The lowest BCUT2D eigenvalue weighted by Gasteiger charge is -2.32. The molecule has 1 N–H and O–H groups in total. The summed E-state index contributed by atoms with van der Waals surface area (Å²) in [6.45, 7) is 5.50. The molecule has 0 amide bonds. The number of ether oxygens (including phenoxy) is 1. The van der Waals surface area contributed by atoms with Gasteiger partial charge in [-0.05, 0) is 14.0 Å². The van der Waals surface area contributed by atoms with Crippen molar-refractivity contribution in [2.45, 2.75) is 19.1 Å². The molecule has 0 aromatic carbocycles. The number of nitrogens with zero attached hydrogens (tertiary/aromatic N) is 2. The van der Waals surface area contributed by atoms with Crippen molar-refractivity contribution in [3.05, 3.63) is 0 Å². The van der Waals surface area contributed by atoms with E-state index < -0.39 is 0 Å². The second kappa shape index (κ2) is 5.18. The van der Waals surface area contributed by atoms with Crippen LogP contribution in [0.1, 0.15) is 6.92 Å². The molecule has 0 saturated carbocycles. The van der Waals surface area contributed by atoms with Crippen molar-refractivity contribution in [1.82, 2.24) is 10.2 Å². The summed E-state index contributed by atoms with van der Waals surface area (Å²) in [5, 5.41) is 11.7. The zero-order valence-electron chi connectivity index (χ0n) is 8.29. The van der Waals surface area contributed by atoms with E-state index in [0.29, 0.717) is 6.10 Å². The van der Waals surface area contributed by atoms with Crippen LogP contribution < -0.4 is 5.32 Å². The Morgan fingerprint density at radius 3 is 3.08 bits per heavy atom. The van der Waals surface area contributed by atoms with Gasteiger partial charge in [-0.15, -0.1) is 0 Å². The predicted molar refractivity (Wildman–Crippen MR) is 50.3 cm³/mol. The van der Waals surface area contributed by atoms with Gasteiger partial charge in [-0.2, -0.15) is 5.26 Å². The number of hydrogen-bond acceptors (Lipinski definition) is 4. The van der Waals surface area contributed by atoms with E-state index >= 15 is 0 Å². The first kappa shape index (κ1) is 10.5. The molecule has 0 aliphatic carbocycles. The summed E-state index contributed by atoms with van der Waals surface area (Å²) >= 11 is 0. The number of nitriles is 1. The Morgan fingerprint density at radius 2 is 2.54 bits per heavy atom. The van der Waals surface area contributed by atoms with Crippen LogP contribution in [-0.4, -0.2) is 50.3 Å². The van der Waals surface area contributed by atoms with E-state index in [9.17, 15) is 0 Å². The molecule has 2 atom stereocenters. The molecule has 1 fully saturated rings. The van der Waals surface area contributed by atoms with Crippen LogP contribution in [0.4, 0.5) is 0 Å². The highest BCUT2D eigenvalue weighted by atomic mass is 16.5. The van der Waals surface area contributed by atoms with Crippen molar-refractivity contribution in [3.63, 3.8) is 0 Å². The fraction of sp³-hybridized carbons (Fsp3) is 0.889. The summed E-state index contributed by atoms with van der Waals surface area (Å²) in [4.78, 5) is 2.26. The number of nitrogens with one attached hydrogen (secondary N) is 1. The average Bonchev–Trinajstić information content (AvgIpc) is 2.14. The van der Waals surface area contributed by atoms with Crippen molar-refractivity contribution in [2.75, 3.05) is 33.3 Å². The minimum atomic E-state index is -0.0645. The monoisotopic (exact) mass is 183 g/mol. The lowest BCUT2D eigenvalue weighted by atomic mass is 10.2. The summed E-state index contributed by atoms with van der Waals surface area (Å²) < 4.78 is 5.41. The standard InChI is InChI=1S/C9H17N3O/c1-8-6-12(3-4-13-8)7-9(5-10)11-2/h8-9,11H,3-4,6-7H2,1-2H3. The summed E-state index contributed by atoms with van der Waals surface area (Å²) in [6, 6.07) is 2.16. The Labute approximate surface area is 79.5 Å². The first-order valence-electron chi connectivity index (χ1n) is 4.67. The molecule has 1 aliphatic heterocycles. The van der Waals surface area contributed by atoms with E-state index in [1.807, 2.05) is 7.05 Å². The molecule has 4 heteroatoms. The predicted octanol–water partition coefficient (Wildman–Crippen LogP) is -0.181. The van der Waals surface area contributed by atoms with E-state index in [0.717, 1.165) is 26.2 Å². The lowest BCUT2D eigenvalue weighted by Crippen LogP contribution is -2.46. The summed E-state index contributed by atoms with van der Waals surface area (Å²) in [5.41, 5.74) is 0. The third-order valence-electron chi connectivity index (χ3n) is 2.27. The smallest absolute Gasteiger partial charge is 0.108 e. The topological polar surface area (TPSA) is 48.3 Å². The first-order chi connectivity index (χ1) is 6.26. The van der Waals surface area contributed by atoms with Gasteiger partial charge in [0.05, 0.1) is 18.8 Å². The normalized spacial score (nSPS) is 26.7. The lowest BCUT2D eigenvalue weighted by molar-refractivity contribution is -0.0192. The molecule has 1 rings (SSSR count). The summed E-state index contributed by atoms with van der Waals surface area (Å²) in [5.74, 6) is 0. The molecule has 1 aliphatic rings. The summed E-state index contributed by atoms with van der Waals surface area (Å²) in [7, 11) is 1.82. The van der Waals surface area contributed by atoms with Crippen LogP contribution in [0.2, 0.25) is 0 Å². The maximum Gasteiger partial charge on any atom is 0.108 e. The Balaban J connectivity index is 2.31. The zero-order valence-corrected chi connectivity index (χ0v) is 8.29. The van der Waals surface area contributed by atoms with Crippen LogP contribution in [0, 0.1) is 11.3 Å². The van der Waals surface area contributed by atoms with Crippen LogP contribution in [0.15, 0.2) is 0 Å². The Bertz CT molecular complexity index is 190. The molecule has 0 bridgehead atoms. The highest BCUT2D eigenvalue weighted by Gasteiger charge is 2.18. The van der Waals surface area contributed by atoms with Crippen molar-refractivity contribution < 1.29 is 4.74 Å². The maximum atomic E-state index is 8.75. The van der Waals surface area contributed by atoms with E-state index in [1.54, 1.807) is 0 Å². The van der Waals surface area contributed by atoms with Gasteiger partial charge in [-0.3, -0.25) is 4.90 Å². The van der Waals surface area contributed by atoms with Gasteiger partial charge in [0.2, 0.25) is 0 Å². The van der Waals surface area contributed by atoms with Crippen LogP contribution in [-0.2, 0) is 4.74 Å². The molecule has 1 heterocycles. The second-order valence-corrected chi connectivity index (χ2v) is 3.41. The number of rotatable bonds is 3. The fourth-order valence-electron chi connectivity index (χ4n) is 1.51. The van der Waals surface area contributed by atoms with Crippen LogP contribution in [0.5, 0.6) is 0 Å². The minimum Gasteiger partial charge on any atom is -0.376 e. The maximum absolute atomic E-state index is 8.75. The molecular weight excluding hydrogens is 166 g/mol. The van der Waals surface area contributed by atoms with Crippen LogP contribution in [0.25, 0.3) is 0 Å². The summed E-state index contributed by atoms with van der Waals surface area (Å²) in [6.07, 6.45) is 0.296. The molecule has 4 nitrogen and oxygen atoms in total. The Hall–Kier alpha value is -0.630. The zero-order chi connectivity index (χ0) is 9.68. The van der Waals surface area contributed by atoms with Gasteiger partial charge in [-0.25, -0.2) is 0 Å². The van der Waals surface area contributed by atoms with Crippen LogP contribution >= 0.6 is 0 Å². The molecule has 74 valence electrons. The van der Waals surface area contributed by atoms with Crippen LogP contribution in [0.3, 0.4) is 0 Å². The fourth-order valence-corrected chi connectivity index (χ4v) is 1.51. The molecule has 1 saturated heterocycles. The van der Waals surface area contributed by atoms with Gasteiger partial charge in [0.1, 0.15) is 6.04 Å². The molecular formula is C9H17N3O. The van der Waals surface area contributed by atoms with E-state index in [2.05, 4.69) is 23.2 Å². The largest absolute Gasteiger partial charge is 0.376 e. The van der Waals surface area contributed by atoms with E-state index in [4.69, 9.17) is 10.00 Å². The quantitative estimate of drug-likeness (QED) is 0.659. The van der Waals surface area contributed by atoms with Crippen molar-refractivity contribution in [3.8, 4) is 6.07 Å². The van der Waals surface area contributed by atoms with E-state index in [-0.39, 0.29) is 6.04 Å². The molecule has 13 heavy (non-hydrogen) atoms. The van der Waals surface area contributed by atoms with Gasteiger partial charge < -0.3 is 10.1 Å². The molecule has 0 aromatic rings. The van der Waals surface area contributed by atoms with Gasteiger partial charge in [0.25, 0.3) is 0 Å². The first-order valence-corrected chi connectivity index (χ1v) is 4.67. The van der Waals surface area contributed by atoms with Crippen molar-refractivity contribution >= 4 is 0 Å². The number of morpholine rings is 1. The Morgan fingerprint density at radius 1 is 1.77 bits per heavy atom. The molecule has 2 unspecified atom stereocenters. The minimum absolute atomic E-state index is 0.0645. The van der Waals surface area contributed by atoms with E-state index in [1.165, 1.54) is 0 Å². The highest BCUT2D eigenvalue weighted by molar-refractivity contribution is 4.91. The van der Waals surface area contributed by atoms with Crippen molar-refractivity contribution in [1.29, 1.82) is 5.26 Å². The third kappa shape index (κ3) is 3.31. The molecule has 0 aromatic heterocycles. The van der Waals surface area contributed by atoms with Gasteiger partial charge in [0, 0.05) is 19.6 Å². The Kier molecular flexibility index (Phi) is 4.16. The van der Waals surface area contributed by atoms with Gasteiger partial charge in [0.15, 0.2) is 0 Å². The number of hydrogen-bond donors (Lipinski definition) is 1. The SMILES string of the molecule is CNC(C#N)CN1CCOC(C)C1. The van der Waals surface area contributed by atoms with Gasteiger partial charge in [-0.1, -0.05) is 0 Å². The average molecular weight is 183 g/mol. The second-order valence-electron chi connectivity index (χ2n) is 3.41. The highest BCUT2D eigenvalue weighted by Crippen LogP contribution is 2.04.